The van der Waals surface area contributed by atoms with Crippen molar-refractivity contribution in [1.29, 1.82) is 0 Å². The van der Waals surface area contributed by atoms with Crippen LogP contribution in [0.25, 0.3) is 0 Å². The Hall–Kier alpha value is -0.0800. The molecule has 2 nitrogen and oxygen atoms in total. The maximum Gasteiger partial charge on any atom is 0.0243 e. The fraction of sp³-hybridized carbons (Fsp3) is 1.00. The first-order valence-electron chi connectivity index (χ1n) is 6.64. The molecule has 0 saturated heterocycles. The predicted molar refractivity (Wildman–Crippen MR) is 69.4 cm³/mol. The van der Waals surface area contributed by atoms with Crippen LogP contribution in [-0.2, 0) is 0 Å². The third-order valence-electron chi connectivity index (χ3n) is 3.09. The molecule has 0 radical (unpaired) electrons. The third-order valence-corrected chi connectivity index (χ3v) is 3.09. The van der Waals surface area contributed by atoms with Gasteiger partial charge in [-0.15, -0.1) is 0 Å². The van der Waals surface area contributed by atoms with Gasteiger partial charge in [-0.3, -0.25) is 0 Å². The molecular weight excluding hydrogens is 184 g/mol. The van der Waals surface area contributed by atoms with Crippen LogP contribution in [0.1, 0.15) is 53.4 Å². The van der Waals surface area contributed by atoms with E-state index in [0.717, 1.165) is 6.54 Å². The van der Waals surface area contributed by atoms with Crippen LogP contribution in [0.15, 0.2) is 0 Å². The summed E-state index contributed by atoms with van der Waals surface area (Å²) in [5.74, 6) is 0. The molecule has 0 aliphatic carbocycles. The Bertz CT molecular complexity index is 130. The van der Waals surface area contributed by atoms with Gasteiger partial charge in [0, 0.05) is 12.1 Å². The molecular formula is C13H30N2. The summed E-state index contributed by atoms with van der Waals surface area (Å²) < 4.78 is 0. The van der Waals surface area contributed by atoms with E-state index in [-0.39, 0.29) is 0 Å². The van der Waals surface area contributed by atoms with E-state index in [1.54, 1.807) is 0 Å². The van der Waals surface area contributed by atoms with Crippen molar-refractivity contribution >= 4 is 0 Å². The lowest BCUT2D eigenvalue weighted by Gasteiger charge is -2.34. The zero-order valence-corrected chi connectivity index (χ0v) is 11.3. The summed E-state index contributed by atoms with van der Waals surface area (Å²) in [7, 11) is 2.26. The maximum absolute atomic E-state index is 3.63. The van der Waals surface area contributed by atoms with Crippen molar-refractivity contribution in [3.8, 4) is 0 Å². The highest BCUT2D eigenvalue weighted by Crippen LogP contribution is 2.12. The van der Waals surface area contributed by atoms with Gasteiger partial charge in [-0.1, -0.05) is 34.1 Å². The summed E-state index contributed by atoms with van der Waals surface area (Å²) in [6.45, 7) is 11.3. The lowest BCUT2D eigenvalue weighted by Crippen LogP contribution is -2.48. The fourth-order valence-electron chi connectivity index (χ4n) is 2.43. The van der Waals surface area contributed by atoms with E-state index in [2.05, 4.69) is 45.0 Å². The normalized spacial score (nSPS) is 15.6. The minimum Gasteiger partial charge on any atom is -0.313 e. The standard InChI is InChI=1S/C13H30N2/c1-6-10-12(14-9-4)13(8-3)15(5)11-7-2/h12-14H,6-11H2,1-5H3. The van der Waals surface area contributed by atoms with Crippen molar-refractivity contribution in [2.45, 2.75) is 65.5 Å². The van der Waals surface area contributed by atoms with E-state index in [4.69, 9.17) is 0 Å². The first-order chi connectivity index (χ1) is 7.21. The highest BCUT2D eigenvalue weighted by molar-refractivity contribution is 4.81. The van der Waals surface area contributed by atoms with Gasteiger partial charge in [0.15, 0.2) is 0 Å². The molecule has 0 spiro atoms. The fourth-order valence-corrected chi connectivity index (χ4v) is 2.43. The molecule has 0 aliphatic rings. The smallest absolute Gasteiger partial charge is 0.0243 e. The van der Waals surface area contributed by atoms with Gasteiger partial charge in [0.1, 0.15) is 0 Å². The van der Waals surface area contributed by atoms with E-state index < -0.39 is 0 Å². The molecule has 2 atom stereocenters. The van der Waals surface area contributed by atoms with Crippen LogP contribution in [0.5, 0.6) is 0 Å². The molecule has 0 aromatic heterocycles. The summed E-state index contributed by atoms with van der Waals surface area (Å²) in [5, 5.41) is 3.63. The first kappa shape index (κ1) is 14.9. The van der Waals surface area contributed by atoms with E-state index >= 15 is 0 Å². The number of likely N-dealkylation sites (N-methyl/N-ethyl adjacent to an activating group) is 2. The summed E-state index contributed by atoms with van der Waals surface area (Å²) in [6, 6.07) is 1.37. The highest BCUT2D eigenvalue weighted by Gasteiger charge is 2.21. The van der Waals surface area contributed by atoms with E-state index in [9.17, 15) is 0 Å². The number of nitrogens with one attached hydrogen (secondary N) is 1. The van der Waals surface area contributed by atoms with Crippen molar-refractivity contribution < 1.29 is 0 Å². The topological polar surface area (TPSA) is 15.3 Å². The summed E-state index contributed by atoms with van der Waals surface area (Å²) in [6.07, 6.45) is 5.06. The van der Waals surface area contributed by atoms with Crippen molar-refractivity contribution in [1.82, 2.24) is 10.2 Å². The molecule has 0 bridgehead atoms. The summed E-state index contributed by atoms with van der Waals surface area (Å²) in [4.78, 5) is 2.52. The van der Waals surface area contributed by atoms with Crippen molar-refractivity contribution in [2.75, 3.05) is 20.1 Å². The number of hydrogen-bond donors (Lipinski definition) is 1. The van der Waals surface area contributed by atoms with Gasteiger partial charge in [0.05, 0.1) is 0 Å². The molecule has 2 heteroatoms. The van der Waals surface area contributed by atoms with Crippen LogP contribution in [0, 0.1) is 0 Å². The molecule has 0 saturated carbocycles. The quantitative estimate of drug-likeness (QED) is 0.635. The largest absolute Gasteiger partial charge is 0.313 e. The van der Waals surface area contributed by atoms with Crippen LogP contribution in [0.4, 0.5) is 0 Å². The zero-order chi connectivity index (χ0) is 11.7. The minimum absolute atomic E-state index is 0.668. The molecule has 0 fully saturated rings. The van der Waals surface area contributed by atoms with Gasteiger partial charge in [-0.2, -0.15) is 0 Å². The number of hydrogen-bond acceptors (Lipinski definition) is 2. The molecule has 2 unspecified atom stereocenters. The van der Waals surface area contributed by atoms with Gasteiger partial charge in [-0.25, -0.2) is 0 Å². The van der Waals surface area contributed by atoms with Crippen LogP contribution < -0.4 is 5.32 Å². The molecule has 0 aromatic rings. The Balaban J connectivity index is 4.28. The van der Waals surface area contributed by atoms with Gasteiger partial charge < -0.3 is 10.2 Å². The molecule has 0 aromatic carbocycles. The molecule has 1 N–H and O–H groups in total. The Morgan fingerprint density at radius 3 is 2.13 bits per heavy atom. The Morgan fingerprint density at radius 1 is 1.07 bits per heavy atom. The Kier molecular flexibility index (Phi) is 9.12. The second-order valence-electron chi connectivity index (χ2n) is 4.41. The predicted octanol–water partition coefficient (Wildman–Crippen LogP) is 2.89. The number of rotatable bonds is 9. The van der Waals surface area contributed by atoms with Gasteiger partial charge >= 0.3 is 0 Å². The van der Waals surface area contributed by atoms with Crippen LogP contribution in [0.2, 0.25) is 0 Å². The minimum atomic E-state index is 0.668. The molecule has 0 heterocycles. The van der Waals surface area contributed by atoms with E-state index in [1.165, 1.54) is 32.2 Å². The second kappa shape index (κ2) is 9.17. The average molecular weight is 214 g/mol. The third kappa shape index (κ3) is 5.53. The number of nitrogens with zero attached hydrogens (tertiary/aromatic N) is 1. The second-order valence-corrected chi connectivity index (χ2v) is 4.41. The van der Waals surface area contributed by atoms with Gasteiger partial charge in [0.2, 0.25) is 0 Å². The SMILES string of the molecule is CCCC(NCC)C(CC)N(C)CCC. The van der Waals surface area contributed by atoms with Crippen LogP contribution >= 0.6 is 0 Å². The summed E-state index contributed by atoms with van der Waals surface area (Å²) >= 11 is 0. The van der Waals surface area contributed by atoms with E-state index in [0.29, 0.717) is 12.1 Å². The summed E-state index contributed by atoms with van der Waals surface area (Å²) in [5.41, 5.74) is 0. The lowest BCUT2D eigenvalue weighted by atomic mass is 9.99. The zero-order valence-electron chi connectivity index (χ0n) is 11.3. The lowest BCUT2D eigenvalue weighted by molar-refractivity contribution is 0.180. The molecule has 0 rings (SSSR count). The molecule has 0 amide bonds. The van der Waals surface area contributed by atoms with Gasteiger partial charge in [0.25, 0.3) is 0 Å². The Labute approximate surface area is 96.4 Å². The van der Waals surface area contributed by atoms with E-state index in [1.807, 2.05) is 0 Å². The average Bonchev–Trinajstić information content (AvgIpc) is 2.20. The van der Waals surface area contributed by atoms with Gasteiger partial charge in [-0.05, 0) is 39.4 Å². The highest BCUT2D eigenvalue weighted by atomic mass is 15.2. The molecule has 92 valence electrons. The maximum atomic E-state index is 3.63. The molecule has 0 aliphatic heterocycles. The first-order valence-corrected chi connectivity index (χ1v) is 6.64. The van der Waals surface area contributed by atoms with Crippen molar-refractivity contribution in [3.05, 3.63) is 0 Å². The van der Waals surface area contributed by atoms with Crippen LogP contribution in [0.3, 0.4) is 0 Å². The van der Waals surface area contributed by atoms with Crippen LogP contribution in [-0.4, -0.2) is 37.1 Å². The van der Waals surface area contributed by atoms with Crippen molar-refractivity contribution in [3.63, 3.8) is 0 Å². The monoisotopic (exact) mass is 214 g/mol. The Morgan fingerprint density at radius 2 is 1.73 bits per heavy atom. The van der Waals surface area contributed by atoms with Crippen molar-refractivity contribution in [2.24, 2.45) is 0 Å². The molecule has 15 heavy (non-hydrogen) atoms.